The molecule has 0 aliphatic carbocycles. The van der Waals surface area contributed by atoms with E-state index in [1.165, 1.54) is 18.2 Å². The molecule has 2 aromatic rings. The van der Waals surface area contributed by atoms with Crippen LogP contribution in [0.15, 0.2) is 54.6 Å². The van der Waals surface area contributed by atoms with Gasteiger partial charge in [-0.1, -0.05) is 30.3 Å². The monoisotopic (exact) mass is 323 g/mol. The van der Waals surface area contributed by atoms with Crippen LogP contribution in [0.5, 0.6) is 5.75 Å². The molecule has 0 spiro atoms. The van der Waals surface area contributed by atoms with Gasteiger partial charge in [-0.3, -0.25) is 4.79 Å². The second-order valence-corrected chi connectivity index (χ2v) is 4.81. The lowest BCUT2D eigenvalue weighted by Crippen LogP contribution is -2.28. The summed E-state index contributed by atoms with van der Waals surface area (Å²) in [5, 5.41) is 2.48. The molecule has 1 N–H and O–H groups in total. The van der Waals surface area contributed by atoms with Gasteiger partial charge in [0.15, 0.2) is 0 Å². The van der Waals surface area contributed by atoms with Crippen LogP contribution in [0, 0.1) is 0 Å². The summed E-state index contributed by atoms with van der Waals surface area (Å²) in [5.74, 6) is -0.0288. The first-order chi connectivity index (χ1) is 11.0. The minimum Gasteiger partial charge on any atom is -0.494 e. The average molecular weight is 323 g/mol. The van der Waals surface area contributed by atoms with Crippen molar-refractivity contribution in [2.24, 2.45) is 0 Å². The average Bonchev–Trinajstić information content (AvgIpc) is 2.54. The van der Waals surface area contributed by atoms with Crippen molar-refractivity contribution < 1.29 is 22.7 Å². The number of hydrogen-bond acceptors (Lipinski definition) is 2. The summed E-state index contributed by atoms with van der Waals surface area (Å²) in [7, 11) is 0. The molecule has 23 heavy (non-hydrogen) atoms. The van der Waals surface area contributed by atoms with Crippen LogP contribution in [0.1, 0.15) is 22.3 Å². The summed E-state index contributed by atoms with van der Waals surface area (Å²) in [6.07, 6.45) is -4.06. The zero-order valence-corrected chi connectivity index (χ0v) is 12.3. The number of halogens is 3. The van der Waals surface area contributed by atoms with E-state index in [9.17, 15) is 18.0 Å². The Morgan fingerprint density at radius 2 is 1.65 bits per heavy atom. The van der Waals surface area contributed by atoms with Crippen LogP contribution in [-0.2, 0) is 6.18 Å². The molecule has 0 fully saturated rings. The number of benzene rings is 2. The van der Waals surface area contributed by atoms with Crippen LogP contribution in [0.2, 0.25) is 0 Å². The fourth-order valence-electron chi connectivity index (χ4n) is 2.00. The molecule has 0 atom stereocenters. The van der Waals surface area contributed by atoms with Gasteiger partial charge in [0.1, 0.15) is 5.75 Å². The van der Waals surface area contributed by atoms with Crippen molar-refractivity contribution in [2.45, 2.75) is 12.6 Å². The Hall–Kier alpha value is -2.50. The normalized spacial score (nSPS) is 11.1. The van der Waals surface area contributed by atoms with Gasteiger partial charge < -0.3 is 10.1 Å². The van der Waals surface area contributed by atoms with Crippen LogP contribution in [0.25, 0.3) is 0 Å². The third-order valence-corrected chi connectivity index (χ3v) is 3.10. The summed E-state index contributed by atoms with van der Waals surface area (Å²) < 4.78 is 44.0. The van der Waals surface area contributed by atoms with Crippen LogP contribution >= 0.6 is 0 Å². The minimum atomic E-state index is -4.55. The molecule has 6 heteroatoms. The van der Waals surface area contributed by atoms with E-state index in [0.717, 1.165) is 6.07 Å². The van der Waals surface area contributed by atoms with E-state index in [4.69, 9.17) is 4.74 Å². The van der Waals surface area contributed by atoms with E-state index in [-0.39, 0.29) is 12.1 Å². The van der Waals surface area contributed by atoms with Crippen molar-refractivity contribution in [1.82, 2.24) is 5.32 Å². The zero-order valence-electron chi connectivity index (χ0n) is 12.3. The lowest BCUT2D eigenvalue weighted by molar-refractivity contribution is -0.137. The summed E-state index contributed by atoms with van der Waals surface area (Å²) in [4.78, 5) is 11.9. The number of para-hydroxylation sites is 1. The molecule has 3 nitrogen and oxygen atoms in total. The highest BCUT2D eigenvalue weighted by Crippen LogP contribution is 2.31. The molecule has 0 aromatic heterocycles. The maximum atomic E-state index is 12.8. The largest absolute Gasteiger partial charge is 0.494 e. The number of amides is 1. The third-order valence-electron chi connectivity index (χ3n) is 3.10. The minimum absolute atomic E-state index is 0.234. The molecule has 0 radical (unpaired) electrons. The van der Waals surface area contributed by atoms with Crippen molar-refractivity contribution >= 4 is 5.91 Å². The maximum Gasteiger partial charge on any atom is 0.417 e. The van der Waals surface area contributed by atoms with Gasteiger partial charge in [0, 0.05) is 6.54 Å². The molecular weight excluding hydrogens is 307 g/mol. The Morgan fingerprint density at radius 1 is 1.00 bits per heavy atom. The second kappa shape index (κ2) is 7.67. The second-order valence-electron chi connectivity index (χ2n) is 4.81. The molecule has 1 amide bonds. The van der Waals surface area contributed by atoms with Gasteiger partial charge >= 0.3 is 6.18 Å². The predicted octanol–water partition coefficient (Wildman–Crippen LogP) is 3.90. The number of rotatable bonds is 6. The van der Waals surface area contributed by atoms with Gasteiger partial charge in [0.05, 0.1) is 17.7 Å². The number of nitrogens with one attached hydrogen (secondary N) is 1. The smallest absolute Gasteiger partial charge is 0.417 e. The SMILES string of the molecule is O=C(NCCCOc1ccccc1)c1ccccc1C(F)(F)F. The van der Waals surface area contributed by atoms with Gasteiger partial charge in [-0.25, -0.2) is 0 Å². The Balaban J connectivity index is 1.82. The highest BCUT2D eigenvalue weighted by atomic mass is 19.4. The Morgan fingerprint density at radius 3 is 2.35 bits per heavy atom. The Kier molecular flexibility index (Phi) is 5.62. The molecule has 0 heterocycles. The first-order valence-electron chi connectivity index (χ1n) is 7.11. The zero-order chi connectivity index (χ0) is 16.7. The molecule has 0 bridgehead atoms. The number of carbonyl (C=O) groups excluding carboxylic acids is 1. The molecule has 0 saturated heterocycles. The fraction of sp³-hybridized carbons (Fsp3) is 0.235. The van der Waals surface area contributed by atoms with E-state index in [1.807, 2.05) is 18.2 Å². The first-order valence-corrected chi connectivity index (χ1v) is 7.11. The van der Waals surface area contributed by atoms with E-state index >= 15 is 0 Å². The number of carbonyl (C=O) groups is 1. The van der Waals surface area contributed by atoms with Crippen LogP contribution in [0.3, 0.4) is 0 Å². The first kappa shape index (κ1) is 16.9. The quantitative estimate of drug-likeness (QED) is 0.819. The van der Waals surface area contributed by atoms with Crippen LogP contribution in [0.4, 0.5) is 13.2 Å². The summed E-state index contributed by atoms with van der Waals surface area (Å²) in [6.45, 7) is 0.600. The van der Waals surface area contributed by atoms with Crippen LogP contribution in [-0.4, -0.2) is 19.1 Å². The van der Waals surface area contributed by atoms with Crippen molar-refractivity contribution in [1.29, 1.82) is 0 Å². The molecule has 2 rings (SSSR count). The Bertz CT molecular complexity index is 642. The van der Waals surface area contributed by atoms with E-state index in [2.05, 4.69) is 5.32 Å². The Labute approximate surface area is 132 Å². The van der Waals surface area contributed by atoms with Crippen molar-refractivity contribution in [2.75, 3.05) is 13.2 Å². The van der Waals surface area contributed by atoms with Gasteiger partial charge in [-0.05, 0) is 30.7 Å². The maximum absolute atomic E-state index is 12.8. The molecule has 2 aromatic carbocycles. The predicted molar refractivity (Wildman–Crippen MR) is 80.3 cm³/mol. The molecule has 122 valence electrons. The van der Waals surface area contributed by atoms with Gasteiger partial charge in [0.2, 0.25) is 0 Å². The third kappa shape index (κ3) is 5.02. The molecule has 0 aliphatic heterocycles. The molecular formula is C17H16F3NO2. The molecule has 0 aliphatic rings. The van der Waals surface area contributed by atoms with Gasteiger partial charge in [0.25, 0.3) is 5.91 Å². The highest BCUT2D eigenvalue weighted by Gasteiger charge is 2.34. The fourth-order valence-corrected chi connectivity index (χ4v) is 2.00. The lowest BCUT2D eigenvalue weighted by Gasteiger charge is -2.12. The van der Waals surface area contributed by atoms with E-state index < -0.39 is 17.6 Å². The lowest BCUT2D eigenvalue weighted by atomic mass is 10.1. The van der Waals surface area contributed by atoms with E-state index in [0.29, 0.717) is 18.8 Å². The number of hydrogen-bond donors (Lipinski definition) is 1. The van der Waals surface area contributed by atoms with Crippen molar-refractivity contribution in [3.63, 3.8) is 0 Å². The number of alkyl halides is 3. The highest BCUT2D eigenvalue weighted by molar-refractivity contribution is 5.95. The summed E-state index contributed by atoms with van der Waals surface area (Å²) in [6, 6.07) is 13.9. The van der Waals surface area contributed by atoms with E-state index in [1.54, 1.807) is 12.1 Å². The molecule has 0 saturated carbocycles. The van der Waals surface area contributed by atoms with Crippen molar-refractivity contribution in [3.8, 4) is 5.75 Å². The van der Waals surface area contributed by atoms with Gasteiger partial charge in [-0.15, -0.1) is 0 Å². The topological polar surface area (TPSA) is 38.3 Å². The van der Waals surface area contributed by atoms with Crippen molar-refractivity contribution in [3.05, 3.63) is 65.7 Å². The van der Waals surface area contributed by atoms with Gasteiger partial charge in [-0.2, -0.15) is 13.2 Å². The number of ether oxygens (including phenoxy) is 1. The molecule has 0 unspecified atom stereocenters. The van der Waals surface area contributed by atoms with Crippen LogP contribution < -0.4 is 10.1 Å². The summed E-state index contributed by atoms with van der Waals surface area (Å²) in [5.41, 5.74) is -1.30. The summed E-state index contributed by atoms with van der Waals surface area (Å²) >= 11 is 0. The standard InChI is InChI=1S/C17H16F3NO2/c18-17(19,20)15-10-5-4-9-14(15)16(22)21-11-6-12-23-13-7-2-1-3-8-13/h1-5,7-10H,6,11-12H2,(H,21,22).